The van der Waals surface area contributed by atoms with Gasteiger partial charge >= 0.3 is 0 Å². The van der Waals surface area contributed by atoms with Crippen molar-refractivity contribution in [3.63, 3.8) is 0 Å². The van der Waals surface area contributed by atoms with Gasteiger partial charge in [0.05, 0.1) is 12.2 Å². The molecule has 0 bridgehead atoms. The van der Waals surface area contributed by atoms with Crippen LogP contribution in [0.5, 0.6) is 0 Å². The van der Waals surface area contributed by atoms with Crippen LogP contribution in [0.25, 0.3) is 0 Å². The molecule has 1 aliphatic rings. The van der Waals surface area contributed by atoms with E-state index in [-0.39, 0.29) is 0 Å². The lowest BCUT2D eigenvalue weighted by Crippen LogP contribution is -2.27. The first kappa shape index (κ1) is 14.5. The van der Waals surface area contributed by atoms with Gasteiger partial charge in [-0.15, -0.1) is 0 Å². The fourth-order valence-electron chi connectivity index (χ4n) is 2.70. The van der Waals surface area contributed by atoms with Crippen molar-refractivity contribution in [2.24, 2.45) is 0 Å². The predicted molar refractivity (Wildman–Crippen MR) is 77.3 cm³/mol. The minimum atomic E-state index is -0.397. The van der Waals surface area contributed by atoms with Crippen LogP contribution >= 0.6 is 0 Å². The Morgan fingerprint density at radius 3 is 2.68 bits per heavy atom. The number of hydrogen-bond acceptors (Lipinski definition) is 3. The van der Waals surface area contributed by atoms with Crippen LogP contribution in [0.4, 0.5) is 0 Å². The van der Waals surface area contributed by atoms with Crippen molar-refractivity contribution in [3.05, 3.63) is 35.4 Å². The highest BCUT2D eigenvalue weighted by Gasteiger charge is 2.24. The molecule has 1 aromatic carbocycles. The molecule has 0 spiro atoms. The SMILES string of the molecule is CCCc1ccc(C(O)CN2CCC(OC)C2)cc1. The van der Waals surface area contributed by atoms with Crippen molar-refractivity contribution >= 4 is 0 Å². The monoisotopic (exact) mass is 263 g/mol. The summed E-state index contributed by atoms with van der Waals surface area (Å²) in [5, 5.41) is 10.3. The first-order valence-electron chi connectivity index (χ1n) is 7.25. The summed E-state index contributed by atoms with van der Waals surface area (Å²) in [6.45, 7) is 4.83. The number of likely N-dealkylation sites (tertiary alicyclic amines) is 1. The van der Waals surface area contributed by atoms with Crippen molar-refractivity contribution in [1.82, 2.24) is 4.90 Å². The Hall–Kier alpha value is -0.900. The molecule has 0 amide bonds. The van der Waals surface area contributed by atoms with Crippen LogP contribution in [0, 0.1) is 0 Å². The molecule has 2 unspecified atom stereocenters. The number of aliphatic hydroxyl groups is 1. The summed E-state index contributed by atoms with van der Waals surface area (Å²) in [4.78, 5) is 2.28. The average Bonchev–Trinajstić information content (AvgIpc) is 2.87. The molecule has 2 rings (SSSR count). The Bertz CT molecular complexity index is 377. The smallest absolute Gasteiger partial charge is 0.0916 e. The predicted octanol–water partition coefficient (Wildman–Crippen LogP) is 2.39. The lowest BCUT2D eigenvalue weighted by atomic mass is 10.0. The number of nitrogens with zero attached hydrogens (tertiary/aromatic N) is 1. The number of ether oxygens (including phenoxy) is 1. The van der Waals surface area contributed by atoms with E-state index in [0.717, 1.165) is 37.9 Å². The maximum absolute atomic E-state index is 10.3. The van der Waals surface area contributed by atoms with Gasteiger partial charge in [-0.1, -0.05) is 37.6 Å². The highest BCUT2D eigenvalue weighted by Crippen LogP contribution is 2.19. The van der Waals surface area contributed by atoms with E-state index in [1.807, 2.05) is 0 Å². The van der Waals surface area contributed by atoms with Crippen molar-refractivity contribution in [2.45, 2.75) is 38.4 Å². The molecule has 1 N–H and O–H groups in total. The Morgan fingerprint density at radius 1 is 1.37 bits per heavy atom. The van der Waals surface area contributed by atoms with Gasteiger partial charge < -0.3 is 9.84 Å². The average molecular weight is 263 g/mol. The van der Waals surface area contributed by atoms with E-state index in [4.69, 9.17) is 4.74 Å². The van der Waals surface area contributed by atoms with Gasteiger partial charge in [0.25, 0.3) is 0 Å². The van der Waals surface area contributed by atoms with Crippen molar-refractivity contribution in [3.8, 4) is 0 Å². The van der Waals surface area contributed by atoms with Crippen LogP contribution in [0.2, 0.25) is 0 Å². The molecule has 2 atom stereocenters. The second-order valence-corrected chi connectivity index (χ2v) is 5.41. The molecule has 1 aliphatic heterocycles. The fraction of sp³-hybridized carbons (Fsp3) is 0.625. The summed E-state index contributed by atoms with van der Waals surface area (Å²) in [5.74, 6) is 0. The molecule has 1 heterocycles. The third-order valence-electron chi connectivity index (χ3n) is 3.90. The zero-order valence-electron chi connectivity index (χ0n) is 12.0. The lowest BCUT2D eigenvalue weighted by Gasteiger charge is -2.20. The second-order valence-electron chi connectivity index (χ2n) is 5.41. The summed E-state index contributed by atoms with van der Waals surface area (Å²) in [7, 11) is 1.76. The molecule has 1 fully saturated rings. The van der Waals surface area contributed by atoms with Crippen LogP contribution in [0.3, 0.4) is 0 Å². The largest absolute Gasteiger partial charge is 0.387 e. The Kier molecular flexibility index (Phi) is 5.37. The maximum atomic E-state index is 10.3. The number of aryl methyl sites for hydroxylation is 1. The van der Waals surface area contributed by atoms with Gasteiger partial charge in [0.1, 0.15) is 0 Å². The Morgan fingerprint density at radius 2 is 2.11 bits per heavy atom. The van der Waals surface area contributed by atoms with Gasteiger partial charge in [-0.25, -0.2) is 0 Å². The first-order valence-corrected chi connectivity index (χ1v) is 7.25. The van der Waals surface area contributed by atoms with Gasteiger partial charge in [-0.2, -0.15) is 0 Å². The van der Waals surface area contributed by atoms with Crippen LogP contribution in [0.1, 0.15) is 37.0 Å². The minimum Gasteiger partial charge on any atom is -0.387 e. The number of aliphatic hydroxyl groups excluding tert-OH is 1. The van der Waals surface area contributed by atoms with E-state index < -0.39 is 6.10 Å². The van der Waals surface area contributed by atoms with Crippen LogP contribution in [-0.2, 0) is 11.2 Å². The van der Waals surface area contributed by atoms with E-state index in [1.165, 1.54) is 5.56 Å². The van der Waals surface area contributed by atoms with Crippen molar-refractivity contribution < 1.29 is 9.84 Å². The summed E-state index contributed by atoms with van der Waals surface area (Å²) in [5.41, 5.74) is 2.36. The Labute approximate surface area is 116 Å². The van der Waals surface area contributed by atoms with E-state index in [1.54, 1.807) is 7.11 Å². The molecule has 0 saturated carbocycles. The molecule has 19 heavy (non-hydrogen) atoms. The van der Waals surface area contributed by atoms with Crippen molar-refractivity contribution in [1.29, 1.82) is 0 Å². The van der Waals surface area contributed by atoms with Gasteiger partial charge in [-0.3, -0.25) is 4.90 Å². The van der Waals surface area contributed by atoms with E-state index >= 15 is 0 Å². The van der Waals surface area contributed by atoms with Crippen molar-refractivity contribution in [2.75, 3.05) is 26.7 Å². The summed E-state index contributed by atoms with van der Waals surface area (Å²) >= 11 is 0. The number of methoxy groups -OCH3 is 1. The number of β-amino-alcohol motifs (C(OH)–C–C–N with tert-alkyl or cyclic N) is 1. The van der Waals surface area contributed by atoms with Gasteiger partial charge in [-0.05, 0) is 24.0 Å². The highest BCUT2D eigenvalue weighted by molar-refractivity contribution is 5.24. The normalized spacial score (nSPS) is 21.7. The lowest BCUT2D eigenvalue weighted by molar-refractivity contribution is 0.0898. The molecule has 0 aliphatic carbocycles. The first-order chi connectivity index (χ1) is 9.22. The topological polar surface area (TPSA) is 32.7 Å². The molecule has 106 valence electrons. The highest BCUT2D eigenvalue weighted by atomic mass is 16.5. The third-order valence-corrected chi connectivity index (χ3v) is 3.90. The van der Waals surface area contributed by atoms with Gasteiger partial charge in [0.15, 0.2) is 0 Å². The van der Waals surface area contributed by atoms with Crippen LogP contribution in [-0.4, -0.2) is 42.9 Å². The fourth-order valence-corrected chi connectivity index (χ4v) is 2.70. The number of hydrogen-bond donors (Lipinski definition) is 1. The summed E-state index contributed by atoms with van der Waals surface area (Å²) in [6.07, 6.45) is 3.27. The summed E-state index contributed by atoms with van der Waals surface area (Å²) < 4.78 is 5.35. The van der Waals surface area contributed by atoms with Gasteiger partial charge in [0, 0.05) is 26.7 Å². The molecule has 1 saturated heterocycles. The molecular weight excluding hydrogens is 238 g/mol. The molecule has 0 radical (unpaired) electrons. The third kappa shape index (κ3) is 4.03. The minimum absolute atomic E-state index is 0.333. The zero-order chi connectivity index (χ0) is 13.7. The van der Waals surface area contributed by atoms with Crippen LogP contribution < -0.4 is 0 Å². The van der Waals surface area contributed by atoms with E-state index in [0.29, 0.717) is 12.6 Å². The number of rotatable bonds is 6. The molecule has 1 aromatic rings. The van der Waals surface area contributed by atoms with Crippen LogP contribution in [0.15, 0.2) is 24.3 Å². The second kappa shape index (κ2) is 7.04. The molecule has 0 aromatic heterocycles. The zero-order valence-corrected chi connectivity index (χ0v) is 12.0. The number of benzene rings is 1. The standard InChI is InChI=1S/C16H25NO2/c1-3-4-13-5-7-14(8-6-13)16(18)12-17-10-9-15(11-17)19-2/h5-8,15-16,18H,3-4,9-12H2,1-2H3. The molecular formula is C16H25NO2. The van der Waals surface area contributed by atoms with E-state index in [2.05, 4.69) is 36.1 Å². The molecule has 3 nitrogen and oxygen atoms in total. The maximum Gasteiger partial charge on any atom is 0.0916 e. The van der Waals surface area contributed by atoms with E-state index in [9.17, 15) is 5.11 Å². The Balaban J connectivity index is 1.87. The quantitative estimate of drug-likeness (QED) is 0.855. The molecule has 3 heteroatoms. The van der Waals surface area contributed by atoms with Gasteiger partial charge in [0.2, 0.25) is 0 Å². The summed E-state index contributed by atoms with van der Waals surface area (Å²) in [6, 6.07) is 8.37.